The third-order valence-electron chi connectivity index (χ3n) is 4.10. The molecule has 0 heterocycles. The standard InChI is InChI=1S/C20H22N2O4/c1-4-26-19-11-8-16(9-12-19)10-13-20(23)21(3)15(2)17-6-5-7-18(14-17)22(24)25/h5-15H,4H2,1-3H3/b13-10+/t15-/m0/s1. The lowest BCUT2D eigenvalue weighted by Crippen LogP contribution is -2.28. The van der Waals surface area contributed by atoms with Crippen LogP contribution in [0.15, 0.2) is 54.6 Å². The number of hydrogen-bond acceptors (Lipinski definition) is 4. The van der Waals surface area contributed by atoms with Crippen LogP contribution >= 0.6 is 0 Å². The molecule has 0 saturated carbocycles. The average Bonchev–Trinajstić information content (AvgIpc) is 2.66. The molecule has 1 atom stereocenters. The molecule has 0 aliphatic carbocycles. The topological polar surface area (TPSA) is 72.7 Å². The van der Waals surface area contributed by atoms with Crippen molar-refractivity contribution in [3.8, 4) is 5.75 Å². The molecule has 0 saturated heterocycles. The summed E-state index contributed by atoms with van der Waals surface area (Å²) in [6.45, 7) is 4.36. The first-order valence-electron chi connectivity index (χ1n) is 8.34. The summed E-state index contributed by atoms with van der Waals surface area (Å²) in [5.41, 5.74) is 1.61. The number of carbonyl (C=O) groups excluding carboxylic acids is 1. The molecule has 136 valence electrons. The molecule has 0 aliphatic heterocycles. The van der Waals surface area contributed by atoms with E-state index in [2.05, 4.69) is 0 Å². The van der Waals surface area contributed by atoms with E-state index < -0.39 is 4.92 Å². The van der Waals surface area contributed by atoms with E-state index >= 15 is 0 Å². The molecule has 0 spiro atoms. The Labute approximate surface area is 152 Å². The van der Waals surface area contributed by atoms with Gasteiger partial charge in [-0.1, -0.05) is 24.3 Å². The normalized spacial score (nSPS) is 12.0. The number of nitro groups is 1. The maximum Gasteiger partial charge on any atom is 0.269 e. The molecule has 2 rings (SSSR count). The third-order valence-corrected chi connectivity index (χ3v) is 4.10. The van der Waals surface area contributed by atoms with Crippen molar-refractivity contribution >= 4 is 17.7 Å². The highest BCUT2D eigenvalue weighted by Gasteiger charge is 2.17. The highest BCUT2D eigenvalue weighted by atomic mass is 16.6. The van der Waals surface area contributed by atoms with Gasteiger partial charge in [0.15, 0.2) is 0 Å². The van der Waals surface area contributed by atoms with Crippen molar-refractivity contribution in [1.82, 2.24) is 4.90 Å². The maximum atomic E-state index is 12.4. The Morgan fingerprint density at radius 2 is 1.96 bits per heavy atom. The predicted molar refractivity (Wildman–Crippen MR) is 101 cm³/mol. The maximum absolute atomic E-state index is 12.4. The lowest BCUT2D eigenvalue weighted by atomic mass is 10.1. The number of likely N-dealkylation sites (N-methyl/N-ethyl adjacent to an activating group) is 1. The van der Waals surface area contributed by atoms with E-state index in [-0.39, 0.29) is 17.6 Å². The Kier molecular flexibility index (Phi) is 6.49. The summed E-state index contributed by atoms with van der Waals surface area (Å²) < 4.78 is 5.38. The Bertz CT molecular complexity index is 800. The first-order valence-corrected chi connectivity index (χ1v) is 8.34. The van der Waals surface area contributed by atoms with Gasteiger partial charge in [0.05, 0.1) is 17.6 Å². The molecular weight excluding hydrogens is 332 g/mol. The molecule has 6 heteroatoms. The van der Waals surface area contributed by atoms with Crippen LogP contribution in [-0.2, 0) is 4.79 Å². The van der Waals surface area contributed by atoms with Gasteiger partial charge in [0.2, 0.25) is 5.91 Å². The fourth-order valence-corrected chi connectivity index (χ4v) is 2.44. The van der Waals surface area contributed by atoms with E-state index in [1.165, 1.54) is 18.2 Å². The Morgan fingerprint density at radius 1 is 1.27 bits per heavy atom. The molecule has 0 aliphatic rings. The van der Waals surface area contributed by atoms with Crippen LogP contribution in [0.4, 0.5) is 5.69 Å². The van der Waals surface area contributed by atoms with Gasteiger partial charge in [0, 0.05) is 25.3 Å². The van der Waals surface area contributed by atoms with Gasteiger partial charge in [0.1, 0.15) is 5.75 Å². The van der Waals surface area contributed by atoms with Gasteiger partial charge in [0.25, 0.3) is 5.69 Å². The van der Waals surface area contributed by atoms with E-state index in [1.54, 1.807) is 30.2 Å². The Hall–Kier alpha value is -3.15. The van der Waals surface area contributed by atoms with Crippen LogP contribution in [0.5, 0.6) is 5.75 Å². The van der Waals surface area contributed by atoms with Gasteiger partial charge in [-0.25, -0.2) is 0 Å². The van der Waals surface area contributed by atoms with Gasteiger partial charge in [-0.15, -0.1) is 0 Å². The number of non-ortho nitro benzene ring substituents is 1. The van der Waals surface area contributed by atoms with Crippen LogP contribution in [0.3, 0.4) is 0 Å². The summed E-state index contributed by atoms with van der Waals surface area (Å²) in [6.07, 6.45) is 3.22. The monoisotopic (exact) mass is 354 g/mol. The molecule has 0 unspecified atom stereocenters. The highest BCUT2D eigenvalue weighted by molar-refractivity contribution is 5.91. The summed E-state index contributed by atoms with van der Waals surface area (Å²) in [7, 11) is 1.67. The van der Waals surface area contributed by atoms with Crippen molar-refractivity contribution in [1.29, 1.82) is 0 Å². The molecule has 0 bridgehead atoms. The predicted octanol–water partition coefficient (Wildman–Crippen LogP) is 4.23. The second-order valence-electron chi connectivity index (χ2n) is 5.81. The van der Waals surface area contributed by atoms with Gasteiger partial charge in [-0.3, -0.25) is 14.9 Å². The van der Waals surface area contributed by atoms with Gasteiger partial charge < -0.3 is 9.64 Å². The lowest BCUT2D eigenvalue weighted by Gasteiger charge is -2.24. The largest absolute Gasteiger partial charge is 0.494 e. The zero-order chi connectivity index (χ0) is 19.1. The Morgan fingerprint density at radius 3 is 2.58 bits per heavy atom. The molecule has 2 aromatic rings. The molecule has 6 nitrogen and oxygen atoms in total. The number of nitro benzene ring substituents is 1. The van der Waals surface area contributed by atoms with Crippen molar-refractivity contribution in [2.75, 3.05) is 13.7 Å². The van der Waals surface area contributed by atoms with Crippen LogP contribution in [0.25, 0.3) is 6.08 Å². The summed E-state index contributed by atoms with van der Waals surface area (Å²) >= 11 is 0. The van der Waals surface area contributed by atoms with Crippen molar-refractivity contribution in [2.24, 2.45) is 0 Å². The summed E-state index contributed by atoms with van der Waals surface area (Å²) in [5.74, 6) is 0.602. The second-order valence-corrected chi connectivity index (χ2v) is 5.81. The summed E-state index contributed by atoms with van der Waals surface area (Å²) in [6, 6.07) is 13.5. The van der Waals surface area contributed by atoms with E-state index in [4.69, 9.17) is 4.74 Å². The van der Waals surface area contributed by atoms with Crippen molar-refractivity contribution < 1.29 is 14.5 Å². The number of benzene rings is 2. The number of nitrogens with zero attached hydrogens (tertiary/aromatic N) is 2. The van der Waals surface area contributed by atoms with Crippen LogP contribution in [0, 0.1) is 10.1 Å². The SMILES string of the molecule is CCOc1ccc(/C=C/C(=O)N(C)[C@@H](C)c2cccc([N+](=O)[O-])c2)cc1. The minimum atomic E-state index is -0.441. The van der Waals surface area contributed by atoms with Crippen molar-refractivity contribution in [3.63, 3.8) is 0 Å². The first kappa shape index (κ1) is 19.2. The molecule has 0 N–H and O–H groups in total. The molecule has 26 heavy (non-hydrogen) atoms. The number of hydrogen-bond donors (Lipinski definition) is 0. The summed E-state index contributed by atoms with van der Waals surface area (Å²) in [4.78, 5) is 24.4. The molecular formula is C20H22N2O4. The zero-order valence-electron chi connectivity index (χ0n) is 15.1. The van der Waals surface area contributed by atoms with E-state index in [0.717, 1.165) is 11.3 Å². The van der Waals surface area contributed by atoms with Crippen LogP contribution in [0.2, 0.25) is 0 Å². The van der Waals surface area contributed by atoms with E-state index in [0.29, 0.717) is 12.2 Å². The van der Waals surface area contributed by atoms with E-state index in [1.807, 2.05) is 38.1 Å². The molecule has 0 radical (unpaired) electrons. The van der Waals surface area contributed by atoms with Crippen LogP contribution < -0.4 is 4.74 Å². The lowest BCUT2D eigenvalue weighted by molar-refractivity contribution is -0.384. The fourth-order valence-electron chi connectivity index (χ4n) is 2.44. The molecule has 0 aromatic heterocycles. The van der Waals surface area contributed by atoms with Crippen molar-refractivity contribution in [3.05, 3.63) is 75.8 Å². The van der Waals surface area contributed by atoms with Crippen molar-refractivity contribution in [2.45, 2.75) is 19.9 Å². The summed E-state index contributed by atoms with van der Waals surface area (Å²) in [5, 5.41) is 10.9. The number of ether oxygens (including phenoxy) is 1. The zero-order valence-corrected chi connectivity index (χ0v) is 15.1. The number of carbonyl (C=O) groups is 1. The van der Waals surface area contributed by atoms with Crippen LogP contribution in [0.1, 0.15) is 31.0 Å². The average molecular weight is 354 g/mol. The molecule has 0 fully saturated rings. The third kappa shape index (κ3) is 4.92. The smallest absolute Gasteiger partial charge is 0.269 e. The van der Waals surface area contributed by atoms with E-state index in [9.17, 15) is 14.9 Å². The van der Waals surface area contributed by atoms with Gasteiger partial charge >= 0.3 is 0 Å². The first-order chi connectivity index (χ1) is 12.4. The minimum absolute atomic E-state index is 0.0140. The Balaban J connectivity index is 2.06. The number of amides is 1. The second kappa shape index (κ2) is 8.80. The van der Waals surface area contributed by atoms with Gasteiger partial charge in [-0.05, 0) is 43.2 Å². The van der Waals surface area contributed by atoms with Gasteiger partial charge in [-0.2, -0.15) is 0 Å². The minimum Gasteiger partial charge on any atom is -0.494 e. The number of rotatable bonds is 7. The quantitative estimate of drug-likeness (QED) is 0.424. The highest BCUT2D eigenvalue weighted by Crippen LogP contribution is 2.23. The molecule has 2 aromatic carbocycles. The fraction of sp³-hybridized carbons (Fsp3) is 0.250. The molecule has 1 amide bonds. The van der Waals surface area contributed by atoms with Crippen LogP contribution in [-0.4, -0.2) is 29.4 Å².